The van der Waals surface area contributed by atoms with E-state index in [0.717, 1.165) is 11.1 Å². The molecule has 4 heteroatoms. The molecule has 0 radical (unpaired) electrons. The molecule has 0 saturated carbocycles. The summed E-state index contributed by atoms with van der Waals surface area (Å²) < 4.78 is 0. The van der Waals surface area contributed by atoms with Gasteiger partial charge in [-0.2, -0.15) is 9.98 Å². The van der Waals surface area contributed by atoms with Gasteiger partial charge in [-0.25, -0.2) is 9.59 Å². The number of hydrogen-bond donors (Lipinski definition) is 0. The van der Waals surface area contributed by atoms with Crippen molar-refractivity contribution >= 4 is 17.8 Å². The Balaban J connectivity index is 2.69. The van der Waals surface area contributed by atoms with Crippen LogP contribution in [0.1, 0.15) is 12.5 Å². The van der Waals surface area contributed by atoms with E-state index in [1.54, 1.807) is 37.3 Å². The van der Waals surface area contributed by atoms with Crippen LogP contribution in [-0.2, 0) is 16.0 Å². The minimum absolute atomic E-state index is 0.539. The van der Waals surface area contributed by atoms with Crippen molar-refractivity contribution in [2.75, 3.05) is 0 Å². The second-order valence-electron chi connectivity index (χ2n) is 3.95. The summed E-state index contributed by atoms with van der Waals surface area (Å²) in [5.74, 6) is 0. The molecule has 20 heavy (non-hydrogen) atoms. The lowest BCUT2D eigenvalue weighted by atomic mass is 10.1. The molecule has 0 saturated heterocycles. The van der Waals surface area contributed by atoms with Crippen molar-refractivity contribution < 1.29 is 9.59 Å². The highest BCUT2D eigenvalue weighted by Gasteiger charge is 1.96. The van der Waals surface area contributed by atoms with E-state index < -0.39 is 0 Å². The standard InChI is InChI=1S/C16H14N2O2/c1-3-15(17-11-19)7-4-13(2)10-14-5-8-16(9-6-14)18-12-20/h3-9H,2,10H2,1H3/b7-4-,15-3+. The fraction of sp³-hybridized carbons (Fsp3) is 0.125. The van der Waals surface area contributed by atoms with Crippen molar-refractivity contribution in [2.45, 2.75) is 13.3 Å². The van der Waals surface area contributed by atoms with Crippen molar-refractivity contribution in [3.63, 3.8) is 0 Å². The van der Waals surface area contributed by atoms with Crippen LogP contribution in [0.5, 0.6) is 0 Å². The molecular formula is C16H14N2O2. The zero-order valence-corrected chi connectivity index (χ0v) is 11.2. The summed E-state index contributed by atoms with van der Waals surface area (Å²) in [6.45, 7) is 5.72. The predicted octanol–water partition coefficient (Wildman–Crippen LogP) is 3.55. The van der Waals surface area contributed by atoms with Gasteiger partial charge in [0.1, 0.15) is 0 Å². The Morgan fingerprint density at radius 3 is 2.45 bits per heavy atom. The lowest BCUT2D eigenvalue weighted by Gasteiger charge is -2.01. The number of aliphatic imine (C=N–C) groups is 2. The normalized spacial score (nSPS) is 10.8. The van der Waals surface area contributed by atoms with Crippen LogP contribution in [0.3, 0.4) is 0 Å². The zero-order valence-electron chi connectivity index (χ0n) is 11.2. The molecule has 0 aliphatic carbocycles. The van der Waals surface area contributed by atoms with Gasteiger partial charge < -0.3 is 0 Å². The summed E-state index contributed by atoms with van der Waals surface area (Å²) in [5.41, 5.74) is 3.03. The number of rotatable bonds is 6. The van der Waals surface area contributed by atoms with Crippen molar-refractivity contribution in [3.8, 4) is 0 Å². The van der Waals surface area contributed by atoms with Gasteiger partial charge in [0.05, 0.1) is 11.4 Å². The monoisotopic (exact) mass is 266 g/mol. The van der Waals surface area contributed by atoms with Gasteiger partial charge in [0.15, 0.2) is 0 Å². The Labute approximate surface area is 117 Å². The summed E-state index contributed by atoms with van der Waals surface area (Å²) in [6.07, 6.45) is 8.86. The highest BCUT2D eigenvalue weighted by Crippen LogP contribution is 2.15. The van der Waals surface area contributed by atoms with Gasteiger partial charge in [-0.3, -0.25) is 0 Å². The molecule has 0 aliphatic heterocycles. The number of hydrogen-bond acceptors (Lipinski definition) is 4. The summed E-state index contributed by atoms with van der Waals surface area (Å²) in [4.78, 5) is 27.3. The van der Waals surface area contributed by atoms with E-state index in [0.29, 0.717) is 17.8 Å². The van der Waals surface area contributed by atoms with Crippen LogP contribution in [0, 0.1) is 0 Å². The van der Waals surface area contributed by atoms with Crippen molar-refractivity contribution in [1.29, 1.82) is 0 Å². The number of carbonyl (C=O) groups excluding carboxylic acids is 2. The Kier molecular flexibility index (Phi) is 6.35. The van der Waals surface area contributed by atoms with Crippen LogP contribution < -0.4 is 0 Å². The van der Waals surface area contributed by atoms with Gasteiger partial charge in [0.2, 0.25) is 12.2 Å². The van der Waals surface area contributed by atoms with Gasteiger partial charge in [-0.05, 0) is 37.1 Å². The van der Waals surface area contributed by atoms with Crippen LogP contribution in [0.25, 0.3) is 0 Å². The first kappa shape index (κ1) is 15.3. The fourth-order valence-electron chi connectivity index (χ4n) is 1.52. The molecule has 0 aliphatic rings. The van der Waals surface area contributed by atoms with E-state index in [4.69, 9.17) is 0 Å². The van der Waals surface area contributed by atoms with Gasteiger partial charge in [-0.1, -0.05) is 36.4 Å². The molecule has 1 aromatic carbocycles. The molecule has 0 N–H and O–H groups in total. The Hall–Kier alpha value is -2.80. The second-order valence-corrected chi connectivity index (χ2v) is 3.95. The van der Waals surface area contributed by atoms with Crippen LogP contribution in [-0.4, -0.2) is 12.2 Å². The number of benzene rings is 1. The van der Waals surface area contributed by atoms with E-state index in [-0.39, 0.29) is 0 Å². The third-order valence-corrected chi connectivity index (χ3v) is 2.50. The second kappa shape index (κ2) is 8.33. The van der Waals surface area contributed by atoms with E-state index in [1.807, 2.05) is 12.1 Å². The summed E-state index contributed by atoms with van der Waals surface area (Å²) in [5, 5.41) is 0. The predicted molar refractivity (Wildman–Crippen MR) is 78.1 cm³/mol. The topological polar surface area (TPSA) is 58.9 Å². The van der Waals surface area contributed by atoms with Crippen LogP contribution in [0.15, 0.2) is 70.3 Å². The minimum atomic E-state index is 0.539. The van der Waals surface area contributed by atoms with E-state index in [2.05, 4.69) is 16.6 Å². The van der Waals surface area contributed by atoms with Crippen molar-refractivity contribution in [2.24, 2.45) is 9.98 Å². The van der Waals surface area contributed by atoms with Gasteiger partial charge in [0.25, 0.3) is 0 Å². The lowest BCUT2D eigenvalue weighted by Crippen LogP contribution is -1.86. The first-order chi connectivity index (χ1) is 9.69. The molecule has 100 valence electrons. The summed E-state index contributed by atoms with van der Waals surface area (Å²) >= 11 is 0. The van der Waals surface area contributed by atoms with Gasteiger partial charge >= 0.3 is 0 Å². The molecule has 1 rings (SSSR count). The van der Waals surface area contributed by atoms with Gasteiger partial charge in [0, 0.05) is 0 Å². The third kappa shape index (κ3) is 5.23. The Bertz CT molecular complexity index is 627. The van der Waals surface area contributed by atoms with Crippen LogP contribution >= 0.6 is 0 Å². The average molecular weight is 266 g/mol. The first-order valence-electron chi connectivity index (χ1n) is 5.96. The highest BCUT2D eigenvalue weighted by atomic mass is 16.1. The SMILES string of the molecule is C=C(/C=C\C(=C/C)N=C=O)Cc1ccc(N=C=O)cc1. The first-order valence-corrected chi connectivity index (χ1v) is 5.96. The highest BCUT2D eigenvalue weighted by molar-refractivity contribution is 5.49. The number of allylic oxidation sites excluding steroid dienone is 4. The van der Waals surface area contributed by atoms with E-state index >= 15 is 0 Å². The fourth-order valence-corrected chi connectivity index (χ4v) is 1.52. The largest absolute Gasteiger partial charge is 0.240 e. The number of isocyanates is 2. The molecule has 0 fully saturated rings. The Morgan fingerprint density at radius 1 is 1.20 bits per heavy atom. The molecule has 0 unspecified atom stereocenters. The summed E-state index contributed by atoms with van der Waals surface area (Å²) in [6, 6.07) is 7.22. The van der Waals surface area contributed by atoms with Crippen LogP contribution in [0.4, 0.5) is 5.69 Å². The maximum Gasteiger partial charge on any atom is 0.240 e. The maximum absolute atomic E-state index is 10.2. The number of nitrogens with zero attached hydrogens (tertiary/aromatic N) is 2. The minimum Gasteiger partial charge on any atom is -0.211 e. The third-order valence-electron chi connectivity index (χ3n) is 2.50. The molecule has 0 aromatic heterocycles. The zero-order chi connectivity index (χ0) is 14.8. The van der Waals surface area contributed by atoms with Gasteiger partial charge in [-0.15, -0.1) is 0 Å². The lowest BCUT2D eigenvalue weighted by molar-refractivity contribution is 0.564. The Morgan fingerprint density at radius 2 is 1.90 bits per heavy atom. The van der Waals surface area contributed by atoms with Crippen LogP contribution in [0.2, 0.25) is 0 Å². The molecule has 0 spiro atoms. The molecule has 1 aromatic rings. The molecule has 0 heterocycles. The molecular weight excluding hydrogens is 252 g/mol. The summed E-state index contributed by atoms with van der Waals surface area (Å²) in [7, 11) is 0. The quantitative estimate of drug-likeness (QED) is 0.449. The maximum atomic E-state index is 10.2. The molecule has 4 nitrogen and oxygen atoms in total. The molecule has 0 atom stereocenters. The smallest absolute Gasteiger partial charge is 0.211 e. The van der Waals surface area contributed by atoms with E-state index in [1.165, 1.54) is 12.2 Å². The van der Waals surface area contributed by atoms with E-state index in [9.17, 15) is 9.59 Å². The molecule has 0 bridgehead atoms. The molecule has 0 amide bonds. The average Bonchev–Trinajstić information content (AvgIpc) is 2.46. The van der Waals surface area contributed by atoms with Crippen molar-refractivity contribution in [3.05, 3.63) is 65.9 Å². The van der Waals surface area contributed by atoms with Crippen molar-refractivity contribution in [1.82, 2.24) is 0 Å².